The molecule has 1 fully saturated rings. The number of amides is 4. The largest absolute Gasteiger partial charge is 0.495 e. The van der Waals surface area contributed by atoms with Gasteiger partial charge >= 0.3 is 0 Å². The summed E-state index contributed by atoms with van der Waals surface area (Å²) in [4.78, 5) is 56.2. The number of methoxy groups -OCH3 is 8. The van der Waals surface area contributed by atoms with E-state index in [1.165, 1.54) is 81.1 Å². The van der Waals surface area contributed by atoms with Gasteiger partial charge in [0.1, 0.15) is 23.0 Å². The van der Waals surface area contributed by atoms with Crippen LogP contribution in [0.25, 0.3) is 92.2 Å². The van der Waals surface area contributed by atoms with Gasteiger partial charge in [-0.3, -0.25) is 44.6 Å². The Morgan fingerprint density at radius 3 is 1.02 bits per heavy atom. The van der Waals surface area contributed by atoms with Gasteiger partial charge < -0.3 is 59.2 Å². The maximum atomic E-state index is 13.7. The van der Waals surface area contributed by atoms with Crippen LogP contribution in [0, 0.1) is 23.3 Å². The molecule has 1 aliphatic carbocycles. The van der Waals surface area contributed by atoms with Gasteiger partial charge in [0.15, 0.2) is 46.3 Å². The van der Waals surface area contributed by atoms with Gasteiger partial charge in [0, 0.05) is 36.4 Å². The molecule has 0 unspecified atom stereocenters. The van der Waals surface area contributed by atoms with Crippen LogP contribution in [0.2, 0.25) is 0 Å². The molecule has 0 aliphatic heterocycles. The van der Waals surface area contributed by atoms with E-state index >= 15 is 0 Å². The molecule has 0 radical (unpaired) electrons. The summed E-state index contributed by atoms with van der Waals surface area (Å²) in [6.07, 6.45) is 19.8. The van der Waals surface area contributed by atoms with Crippen molar-refractivity contribution < 1.29 is 74.6 Å². The SMILES string of the molecule is COc1cc(/C=C/c2[nH]nc3ccc(C(=O)NC4CC4)c(OC)c23)ccc1F.COc1cc(/C=C/c2[nH]nc3ccc(C(=O)NCc4ccccc4)c(OC)c23)ccc1F.COc1cc(/C=C/c2[nH]nc3ccc(C(=O)NCc4cccnc4)c(OC)c23)ccc1F.COc1cc(/C=C/c2[nH]nc3ccc(C(=O)NCc4cccs4)c(OC)c23)ccc1F. The quantitative estimate of drug-likeness (QED) is 0.0222. The molecule has 16 rings (SSSR count). The minimum atomic E-state index is -0.430. The van der Waals surface area contributed by atoms with Gasteiger partial charge in [-0.25, -0.2) is 17.6 Å². The molecule has 0 spiro atoms. The predicted molar refractivity (Wildman–Crippen MR) is 467 cm³/mol. The number of carbonyl (C=O) groups is 4. The number of aromatic amines is 4. The average molecular weight is 1680 g/mol. The third-order valence-corrected chi connectivity index (χ3v) is 20.3. The van der Waals surface area contributed by atoms with E-state index in [0.29, 0.717) is 126 Å². The average Bonchev–Trinajstić information content (AvgIpc) is 1.68. The maximum Gasteiger partial charge on any atom is 0.255 e. The number of fused-ring (bicyclic) bond motifs is 4. The molecule has 15 aromatic rings. The van der Waals surface area contributed by atoms with Crippen LogP contribution in [0.3, 0.4) is 0 Å². The minimum absolute atomic E-state index is 0.152. The van der Waals surface area contributed by atoms with E-state index in [1.54, 1.807) is 157 Å². The molecule has 6 heterocycles. The van der Waals surface area contributed by atoms with Gasteiger partial charge in [0.05, 0.1) is 152 Å². The highest BCUT2D eigenvalue weighted by Crippen LogP contribution is 2.38. The number of thiophene rings is 1. The van der Waals surface area contributed by atoms with Crippen molar-refractivity contribution in [3.63, 3.8) is 0 Å². The molecule has 1 saturated carbocycles. The van der Waals surface area contributed by atoms with Gasteiger partial charge in [-0.1, -0.05) is 91.0 Å². The second kappa shape index (κ2) is 40.4. The Morgan fingerprint density at radius 1 is 0.374 bits per heavy atom. The number of hydrogen-bond acceptors (Lipinski definition) is 18. The first-order valence-electron chi connectivity index (χ1n) is 38.3. The summed E-state index contributed by atoms with van der Waals surface area (Å²) in [5.41, 5.74) is 12.0. The Morgan fingerprint density at radius 2 is 0.707 bits per heavy atom. The van der Waals surface area contributed by atoms with E-state index < -0.39 is 23.3 Å². The molecular formula is C93H83F4N13O12S. The fraction of sp³-hybridized carbons (Fsp3) is 0.151. The first-order valence-corrected chi connectivity index (χ1v) is 39.2. The molecule has 30 heteroatoms. The van der Waals surface area contributed by atoms with Gasteiger partial charge in [0.2, 0.25) is 0 Å². The molecule has 6 aromatic heterocycles. The summed E-state index contributed by atoms with van der Waals surface area (Å²) in [6.45, 7) is 1.20. The highest BCUT2D eigenvalue weighted by molar-refractivity contribution is 7.09. The lowest BCUT2D eigenvalue weighted by atomic mass is 10.1. The van der Waals surface area contributed by atoms with Crippen molar-refractivity contribution in [3.05, 3.63) is 300 Å². The number of ether oxygens (including phenoxy) is 8. The molecular weight excluding hydrogens is 1600 g/mol. The van der Waals surface area contributed by atoms with Crippen molar-refractivity contribution in [1.29, 1.82) is 0 Å². The summed E-state index contributed by atoms with van der Waals surface area (Å²) in [5, 5.41) is 45.5. The Kier molecular flexibility index (Phi) is 28.1. The molecule has 0 saturated heterocycles. The van der Waals surface area contributed by atoms with Gasteiger partial charge in [-0.15, -0.1) is 11.3 Å². The maximum absolute atomic E-state index is 13.7. The van der Waals surface area contributed by atoms with Crippen LogP contribution in [0.4, 0.5) is 17.6 Å². The van der Waals surface area contributed by atoms with E-state index in [-0.39, 0.29) is 52.7 Å². The number of halogens is 4. The van der Waals surface area contributed by atoms with Crippen molar-refractivity contribution in [1.82, 2.24) is 67.0 Å². The summed E-state index contributed by atoms with van der Waals surface area (Å²) in [6, 6.07) is 49.8. The van der Waals surface area contributed by atoms with Crippen molar-refractivity contribution in [3.8, 4) is 46.0 Å². The molecule has 626 valence electrons. The second-order valence-electron chi connectivity index (χ2n) is 27.3. The molecule has 123 heavy (non-hydrogen) atoms. The summed E-state index contributed by atoms with van der Waals surface area (Å²) in [5.74, 6) is -0.182. The Labute approximate surface area is 706 Å². The van der Waals surface area contributed by atoms with Crippen LogP contribution in [0.15, 0.2) is 194 Å². The van der Waals surface area contributed by atoms with E-state index in [2.05, 4.69) is 67.0 Å². The molecule has 1 aliphatic rings. The molecule has 8 N–H and O–H groups in total. The Balaban J connectivity index is 0.000000141. The van der Waals surface area contributed by atoms with Crippen LogP contribution in [0.5, 0.6) is 46.0 Å². The molecule has 4 amide bonds. The number of hydrogen-bond donors (Lipinski definition) is 8. The first-order chi connectivity index (χ1) is 59.9. The fourth-order valence-electron chi connectivity index (χ4n) is 13.1. The third-order valence-electron chi connectivity index (χ3n) is 19.5. The zero-order chi connectivity index (χ0) is 86.5. The van der Waals surface area contributed by atoms with Crippen LogP contribution < -0.4 is 59.2 Å². The lowest BCUT2D eigenvalue weighted by Gasteiger charge is -2.11. The van der Waals surface area contributed by atoms with Crippen LogP contribution in [-0.2, 0) is 19.6 Å². The smallest absolute Gasteiger partial charge is 0.255 e. The molecule has 0 bridgehead atoms. The highest BCUT2D eigenvalue weighted by atomic mass is 32.1. The van der Waals surface area contributed by atoms with Crippen molar-refractivity contribution in [2.75, 3.05) is 56.9 Å². The highest BCUT2D eigenvalue weighted by Gasteiger charge is 2.28. The van der Waals surface area contributed by atoms with Crippen molar-refractivity contribution in [2.24, 2.45) is 0 Å². The van der Waals surface area contributed by atoms with E-state index in [0.717, 1.165) is 56.5 Å². The van der Waals surface area contributed by atoms with Gasteiger partial charge in [-0.05, 0) is 185 Å². The number of H-pyrrole nitrogens is 4. The molecule has 9 aromatic carbocycles. The lowest BCUT2D eigenvalue weighted by molar-refractivity contribution is 0.0939. The predicted octanol–water partition coefficient (Wildman–Crippen LogP) is 17.7. The van der Waals surface area contributed by atoms with Crippen LogP contribution in [-0.4, -0.2) is 132 Å². The number of rotatable bonds is 27. The zero-order valence-corrected chi connectivity index (χ0v) is 68.6. The normalized spacial score (nSPS) is 11.7. The van der Waals surface area contributed by atoms with Gasteiger partial charge in [0.25, 0.3) is 23.6 Å². The van der Waals surface area contributed by atoms with Crippen molar-refractivity contribution in [2.45, 2.75) is 38.5 Å². The van der Waals surface area contributed by atoms with E-state index in [4.69, 9.17) is 37.9 Å². The standard InChI is InChI=1S/C25H22FN3O3.C24H21FN4O3.C23H20FN3O3S.C21H20FN3O3/c1-31-22-14-16(8-11-19(22)26)9-12-20-23-21(29-28-20)13-10-18(24(23)32-2)25(30)27-15-17-6-4-3-5-7-17;1-31-21-12-15(5-8-18(21)25)6-9-19-22-20(29-28-19)10-7-17(23(22)32-2)24(30)27-14-16-4-3-11-26-13-16;1-29-20-12-14(5-8-17(20)24)6-9-18-21-19(27-26-18)10-7-16(22(21)30-2)23(28)25-13-15-4-3-11-31-15;1-27-18-11-12(3-8-15(18)22)4-9-16-19-17(25-24-16)10-7-14(20(19)28-2)21(26)23-13-5-6-13/h3-14H,15H2,1-2H3,(H,27,30)(H,28,29);3-13H,14H2,1-2H3,(H,27,30)(H,28,29);3-12H,13H2,1-2H3,(H,25,28)(H,26,27);3-4,7-11,13H,5-6H2,1-2H3,(H,23,26)(H,24,25)/b12-9+;2*9-6+;9-4+. The topological polar surface area (TPSA) is 318 Å². The number of nitrogens with zero attached hydrogens (tertiary/aromatic N) is 5. The molecule has 25 nitrogen and oxygen atoms in total. The second-order valence-corrected chi connectivity index (χ2v) is 28.4. The number of benzene rings is 9. The fourth-order valence-corrected chi connectivity index (χ4v) is 13.8. The number of nitrogens with one attached hydrogen (secondary N) is 8. The van der Waals surface area contributed by atoms with Crippen LogP contribution in [0.1, 0.15) is 115 Å². The third kappa shape index (κ3) is 20.7. The summed E-state index contributed by atoms with van der Waals surface area (Å²) in [7, 11) is 11.8. The Hall–Kier alpha value is -15.3. The lowest BCUT2D eigenvalue weighted by Crippen LogP contribution is -2.25. The summed E-state index contributed by atoms with van der Waals surface area (Å²) >= 11 is 1.58. The minimum Gasteiger partial charge on any atom is -0.495 e. The van der Waals surface area contributed by atoms with E-state index in [1.807, 2.05) is 72.1 Å². The monoisotopic (exact) mass is 1680 g/mol. The van der Waals surface area contributed by atoms with Gasteiger partial charge in [-0.2, -0.15) is 20.4 Å². The Bertz CT molecular complexity index is 6220. The van der Waals surface area contributed by atoms with Crippen molar-refractivity contribution >= 4 is 127 Å². The van der Waals surface area contributed by atoms with E-state index in [9.17, 15) is 36.7 Å². The molecule has 0 atom stereocenters. The summed E-state index contributed by atoms with van der Waals surface area (Å²) < 4.78 is 97.0. The number of pyridine rings is 1. The zero-order valence-electron chi connectivity index (χ0n) is 67.8. The number of aromatic nitrogens is 9. The first kappa shape index (κ1) is 85.5. The van der Waals surface area contributed by atoms with Crippen LogP contribution >= 0.6 is 11.3 Å². The number of carbonyl (C=O) groups excluding carboxylic acids is 4.